The van der Waals surface area contributed by atoms with Gasteiger partial charge in [0, 0.05) is 33.8 Å². The summed E-state index contributed by atoms with van der Waals surface area (Å²) in [5.41, 5.74) is 1.94. The van der Waals surface area contributed by atoms with Gasteiger partial charge in [0.1, 0.15) is 4.70 Å². The van der Waals surface area contributed by atoms with Crippen LogP contribution in [-0.2, 0) is 26.8 Å². The van der Waals surface area contributed by atoms with E-state index >= 15 is 0 Å². The summed E-state index contributed by atoms with van der Waals surface area (Å²) in [7, 11) is -8.17. The SMILES string of the molecule is O=S(=O)(O)CCCN1C(=Cc2sc3ccc(Br)cc3[n+]2CCCS(=O)(=O)O)Sc2ccc3ccccc3c21. The predicted molar refractivity (Wildman–Crippen MR) is 157 cm³/mol. The number of aryl methyl sites for hydroxylation is 1. The number of anilines is 1. The third kappa shape index (κ3) is 6.24. The maximum absolute atomic E-state index is 11.4. The van der Waals surface area contributed by atoms with Crippen LogP contribution in [0.5, 0.6) is 0 Å². The van der Waals surface area contributed by atoms with Gasteiger partial charge in [-0.3, -0.25) is 9.11 Å². The molecule has 5 rings (SSSR count). The monoisotopic (exact) mass is 655 g/mol. The van der Waals surface area contributed by atoms with Crippen LogP contribution in [0.1, 0.15) is 17.8 Å². The Labute approximate surface area is 237 Å². The van der Waals surface area contributed by atoms with E-state index in [1.54, 1.807) is 23.1 Å². The summed E-state index contributed by atoms with van der Waals surface area (Å²) in [6.45, 7) is 0.775. The second kappa shape index (κ2) is 10.9. The van der Waals surface area contributed by atoms with Gasteiger partial charge < -0.3 is 4.90 Å². The Balaban J connectivity index is 1.59. The Morgan fingerprint density at radius 3 is 2.45 bits per heavy atom. The van der Waals surface area contributed by atoms with Crippen molar-refractivity contribution in [3.8, 4) is 0 Å². The standard InChI is InChI=1S/C25H23BrN2O6S4/c26-18-8-10-21-20(15-18)27(11-3-13-37(29,30)31)23(35-21)16-24-28(12-4-14-38(32,33)34)25-19-6-2-1-5-17(19)7-9-22(25)36-24/h1-2,5-10,15-16H,3-4,11-14H2,(H-,29,30,31,32,33,34)/p+1. The van der Waals surface area contributed by atoms with E-state index in [-0.39, 0.29) is 24.3 Å². The zero-order valence-electron chi connectivity index (χ0n) is 19.9. The average molecular weight is 657 g/mol. The number of hydrogen-bond acceptors (Lipinski definition) is 7. The van der Waals surface area contributed by atoms with Crippen LogP contribution in [0.2, 0.25) is 0 Å². The zero-order valence-corrected chi connectivity index (χ0v) is 24.8. The number of rotatable bonds is 9. The van der Waals surface area contributed by atoms with Crippen LogP contribution in [0.3, 0.4) is 0 Å². The van der Waals surface area contributed by atoms with Crippen LogP contribution in [0.25, 0.3) is 27.1 Å². The molecule has 0 bridgehead atoms. The van der Waals surface area contributed by atoms with Crippen molar-refractivity contribution in [2.24, 2.45) is 0 Å². The molecule has 3 aromatic carbocycles. The number of hydrogen-bond donors (Lipinski definition) is 2. The summed E-state index contributed by atoms with van der Waals surface area (Å²) in [5, 5.41) is 3.92. The fourth-order valence-electron chi connectivity index (χ4n) is 4.53. The Morgan fingerprint density at radius 1 is 0.947 bits per heavy atom. The molecule has 200 valence electrons. The molecule has 38 heavy (non-hydrogen) atoms. The second-order valence-electron chi connectivity index (χ2n) is 8.85. The molecular formula is C25H24BrN2O6S4+. The minimum Gasteiger partial charge on any atom is -0.334 e. The molecule has 0 saturated carbocycles. The topological polar surface area (TPSA) is 116 Å². The Hall–Kier alpha value is -2.00. The molecule has 2 heterocycles. The molecule has 1 aliphatic rings. The maximum Gasteiger partial charge on any atom is 0.265 e. The van der Waals surface area contributed by atoms with Crippen LogP contribution in [-0.4, -0.2) is 44.0 Å². The summed E-state index contributed by atoms with van der Waals surface area (Å²) < 4.78 is 68.1. The lowest BCUT2D eigenvalue weighted by atomic mass is 10.1. The molecule has 0 amide bonds. The largest absolute Gasteiger partial charge is 0.334 e. The third-order valence-corrected chi connectivity index (χ3v) is 10.4. The lowest BCUT2D eigenvalue weighted by Gasteiger charge is -2.21. The number of nitrogens with zero attached hydrogens (tertiary/aromatic N) is 2. The summed E-state index contributed by atoms with van der Waals surface area (Å²) in [5.74, 6) is -0.677. The van der Waals surface area contributed by atoms with Gasteiger partial charge in [-0.05, 0) is 30.0 Å². The first kappa shape index (κ1) is 27.6. The molecule has 0 radical (unpaired) electrons. The van der Waals surface area contributed by atoms with Crippen molar-refractivity contribution >= 4 is 92.0 Å². The van der Waals surface area contributed by atoms with Gasteiger partial charge in [0.2, 0.25) is 5.52 Å². The number of fused-ring (bicyclic) bond motifs is 4. The molecule has 2 N–H and O–H groups in total. The van der Waals surface area contributed by atoms with Crippen molar-refractivity contribution in [2.45, 2.75) is 24.3 Å². The van der Waals surface area contributed by atoms with Gasteiger partial charge in [-0.15, -0.1) is 0 Å². The molecule has 0 spiro atoms. The van der Waals surface area contributed by atoms with Crippen molar-refractivity contribution in [3.63, 3.8) is 0 Å². The molecular weight excluding hydrogens is 632 g/mol. The fraction of sp³-hybridized carbons (Fsp3) is 0.240. The molecule has 4 aromatic rings. The highest BCUT2D eigenvalue weighted by Gasteiger charge is 2.30. The zero-order chi connectivity index (χ0) is 27.1. The first-order chi connectivity index (χ1) is 18.0. The van der Waals surface area contributed by atoms with Gasteiger partial charge in [0.15, 0.2) is 6.54 Å². The van der Waals surface area contributed by atoms with E-state index in [1.165, 1.54) is 0 Å². The van der Waals surface area contributed by atoms with Crippen molar-refractivity contribution in [3.05, 3.63) is 69.1 Å². The predicted octanol–water partition coefficient (Wildman–Crippen LogP) is 5.57. The number of halogens is 1. The molecule has 1 aromatic heterocycles. The van der Waals surface area contributed by atoms with E-state index in [9.17, 15) is 25.9 Å². The van der Waals surface area contributed by atoms with E-state index in [0.717, 1.165) is 46.1 Å². The van der Waals surface area contributed by atoms with Gasteiger partial charge in [-0.25, -0.2) is 0 Å². The number of benzene rings is 3. The lowest BCUT2D eigenvalue weighted by molar-refractivity contribution is -0.668. The third-order valence-electron chi connectivity index (χ3n) is 6.12. The van der Waals surface area contributed by atoms with Gasteiger partial charge >= 0.3 is 0 Å². The Bertz CT molecular complexity index is 1780. The number of aromatic nitrogens is 1. The van der Waals surface area contributed by atoms with Gasteiger partial charge in [0.25, 0.3) is 25.2 Å². The summed E-state index contributed by atoms with van der Waals surface area (Å²) in [4.78, 5) is 3.14. The van der Waals surface area contributed by atoms with E-state index in [2.05, 4.69) is 33.0 Å². The summed E-state index contributed by atoms with van der Waals surface area (Å²) in [6, 6.07) is 18.1. The van der Waals surface area contributed by atoms with Crippen LogP contribution >= 0.6 is 39.0 Å². The van der Waals surface area contributed by atoms with Crippen LogP contribution in [0.15, 0.2) is 69.0 Å². The smallest absolute Gasteiger partial charge is 0.265 e. The highest BCUT2D eigenvalue weighted by Crippen LogP contribution is 2.50. The van der Waals surface area contributed by atoms with Crippen molar-refractivity contribution in [2.75, 3.05) is 23.0 Å². The van der Waals surface area contributed by atoms with E-state index in [1.807, 2.05) is 53.1 Å². The van der Waals surface area contributed by atoms with Crippen LogP contribution in [0, 0.1) is 0 Å². The summed E-state index contributed by atoms with van der Waals surface area (Å²) in [6.07, 6.45) is 2.53. The molecule has 13 heteroatoms. The maximum atomic E-state index is 11.4. The summed E-state index contributed by atoms with van der Waals surface area (Å²) >= 11 is 6.67. The fourth-order valence-corrected chi connectivity index (χ4v) is 8.19. The number of thioether (sulfide) groups is 1. The van der Waals surface area contributed by atoms with Crippen LogP contribution in [0.4, 0.5) is 5.69 Å². The van der Waals surface area contributed by atoms with Crippen molar-refractivity contribution in [1.82, 2.24) is 0 Å². The molecule has 0 saturated heterocycles. The lowest BCUT2D eigenvalue weighted by Crippen LogP contribution is -2.36. The Morgan fingerprint density at radius 2 is 1.68 bits per heavy atom. The van der Waals surface area contributed by atoms with Crippen LogP contribution < -0.4 is 9.47 Å². The minimum absolute atomic E-state index is 0.243. The molecule has 8 nitrogen and oxygen atoms in total. The van der Waals surface area contributed by atoms with Gasteiger partial charge in [-0.1, -0.05) is 69.4 Å². The minimum atomic E-state index is -4.09. The molecule has 0 aliphatic carbocycles. The normalized spacial score (nSPS) is 15.1. The van der Waals surface area contributed by atoms with E-state index < -0.39 is 20.2 Å². The second-order valence-corrected chi connectivity index (χ2v) is 15.0. The van der Waals surface area contributed by atoms with E-state index in [4.69, 9.17) is 0 Å². The highest BCUT2D eigenvalue weighted by atomic mass is 79.9. The first-order valence-electron chi connectivity index (χ1n) is 11.7. The molecule has 0 unspecified atom stereocenters. The molecule has 0 atom stereocenters. The molecule has 0 fully saturated rings. The van der Waals surface area contributed by atoms with Crippen molar-refractivity contribution < 1.29 is 30.5 Å². The highest BCUT2D eigenvalue weighted by molar-refractivity contribution is 9.10. The molecule has 1 aliphatic heterocycles. The quantitative estimate of drug-likeness (QED) is 0.178. The van der Waals surface area contributed by atoms with Gasteiger partial charge in [0.05, 0.1) is 28.3 Å². The first-order valence-corrected chi connectivity index (χ1v) is 17.3. The van der Waals surface area contributed by atoms with E-state index in [0.29, 0.717) is 13.1 Å². The van der Waals surface area contributed by atoms with Gasteiger partial charge in [-0.2, -0.15) is 21.4 Å². The average Bonchev–Trinajstić information content (AvgIpc) is 3.35. The number of thiazole rings is 1. The Kier molecular flexibility index (Phi) is 7.89. The van der Waals surface area contributed by atoms with Crippen molar-refractivity contribution in [1.29, 1.82) is 0 Å².